The van der Waals surface area contributed by atoms with Crippen LogP contribution in [0.15, 0.2) is 16.6 Å². The molecule has 0 heterocycles. The Kier molecular flexibility index (Phi) is 3.30. The van der Waals surface area contributed by atoms with E-state index in [0.29, 0.717) is 5.56 Å². The van der Waals surface area contributed by atoms with Crippen molar-refractivity contribution < 1.29 is 10.2 Å². The maximum Gasteiger partial charge on any atom is 0.120 e. The lowest BCUT2D eigenvalue weighted by Gasteiger charge is -2.12. The fourth-order valence-electron chi connectivity index (χ4n) is 1.08. The third-order valence-corrected chi connectivity index (χ3v) is 2.76. The third kappa shape index (κ3) is 2.21. The summed E-state index contributed by atoms with van der Waals surface area (Å²) in [6, 6.07) is 2.82. The van der Waals surface area contributed by atoms with Crippen molar-refractivity contribution in [3.8, 4) is 5.75 Å². The lowest BCUT2D eigenvalue weighted by molar-refractivity contribution is 0.265. The van der Waals surface area contributed by atoms with Crippen molar-refractivity contribution in [2.75, 3.05) is 6.61 Å². The Morgan fingerprint density at radius 3 is 2.69 bits per heavy atom. The van der Waals surface area contributed by atoms with Gasteiger partial charge in [0.2, 0.25) is 0 Å². The summed E-state index contributed by atoms with van der Waals surface area (Å²) in [5.74, 6) is 0.127. The highest BCUT2D eigenvalue weighted by Crippen LogP contribution is 2.29. The lowest BCUT2D eigenvalue weighted by Crippen LogP contribution is -2.14. The summed E-state index contributed by atoms with van der Waals surface area (Å²) in [6.45, 7) is 1.70. The fourth-order valence-corrected chi connectivity index (χ4v) is 1.44. The van der Waals surface area contributed by atoms with E-state index in [1.54, 1.807) is 12.1 Å². The second-order valence-electron chi connectivity index (χ2n) is 2.95. The van der Waals surface area contributed by atoms with Crippen molar-refractivity contribution in [1.82, 2.24) is 0 Å². The first-order valence-electron chi connectivity index (χ1n) is 3.91. The first kappa shape index (κ1) is 10.5. The van der Waals surface area contributed by atoms with Gasteiger partial charge >= 0.3 is 0 Å². The van der Waals surface area contributed by atoms with Crippen LogP contribution in [0.5, 0.6) is 5.75 Å². The second-order valence-corrected chi connectivity index (χ2v) is 3.80. The van der Waals surface area contributed by atoms with Gasteiger partial charge in [-0.05, 0) is 24.6 Å². The van der Waals surface area contributed by atoms with Crippen LogP contribution in [0.1, 0.15) is 17.2 Å². The molecule has 1 unspecified atom stereocenters. The molecule has 3 nitrogen and oxygen atoms in total. The number of halogens is 1. The van der Waals surface area contributed by atoms with Gasteiger partial charge in [-0.15, -0.1) is 0 Å². The van der Waals surface area contributed by atoms with Crippen LogP contribution in [0, 0.1) is 6.92 Å². The van der Waals surface area contributed by atoms with Gasteiger partial charge in [0.1, 0.15) is 5.75 Å². The monoisotopic (exact) mass is 245 g/mol. The molecule has 0 saturated carbocycles. The van der Waals surface area contributed by atoms with E-state index < -0.39 is 6.04 Å². The van der Waals surface area contributed by atoms with Crippen LogP contribution in [-0.2, 0) is 0 Å². The summed E-state index contributed by atoms with van der Waals surface area (Å²) in [6.07, 6.45) is 0. The van der Waals surface area contributed by atoms with E-state index >= 15 is 0 Å². The predicted molar refractivity (Wildman–Crippen MR) is 54.6 cm³/mol. The van der Waals surface area contributed by atoms with Crippen LogP contribution >= 0.6 is 15.9 Å². The highest BCUT2D eigenvalue weighted by molar-refractivity contribution is 9.10. The molecule has 0 aliphatic carbocycles. The number of nitrogens with two attached hydrogens (primary N) is 1. The smallest absolute Gasteiger partial charge is 0.120 e. The Hall–Kier alpha value is -0.580. The summed E-state index contributed by atoms with van der Waals surface area (Å²) in [7, 11) is 0. The molecule has 4 N–H and O–H groups in total. The zero-order chi connectivity index (χ0) is 10.0. The van der Waals surface area contributed by atoms with E-state index in [1.165, 1.54) is 0 Å². The zero-order valence-electron chi connectivity index (χ0n) is 7.29. The number of phenols is 1. The Morgan fingerprint density at radius 1 is 1.54 bits per heavy atom. The Morgan fingerprint density at radius 2 is 2.15 bits per heavy atom. The Bertz CT molecular complexity index is 315. The van der Waals surface area contributed by atoms with Crippen LogP contribution in [0.2, 0.25) is 0 Å². The fraction of sp³-hybridized carbons (Fsp3) is 0.333. The van der Waals surface area contributed by atoms with Crippen LogP contribution in [0.25, 0.3) is 0 Å². The molecule has 0 bridgehead atoms. The molecule has 1 aromatic carbocycles. The molecule has 1 aromatic rings. The number of benzene rings is 1. The number of aromatic hydroxyl groups is 1. The quantitative estimate of drug-likeness (QED) is 0.739. The van der Waals surface area contributed by atoms with Crippen LogP contribution in [0.4, 0.5) is 0 Å². The highest BCUT2D eigenvalue weighted by atomic mass is 79.9. The summed E-state index contributed by atoms with van der Waals surface area (Å²) in [5, 5.41) is 18.3. The molecule has 0 amide bonds. The maximum atomic E-state index is 9.51. The first-order valence-corrected chi connectivity index (χ1v) is 4.71. The van der Waals surface area contributed by atoms with Crippen molar-refractivity contribution in [3.05, 3.63) is 27.7 Å². The van der Waals surface area contributed by atoms with E-state index in [-0.39, 0.29) is 12.4 Å². The zero-order valence-corrected chi connectivity index (χ0v) is 8.87. The van der Waals surface area contributed by atoms with E-state index in [1.807, 2.05) is 6.92 Å². The van der Waals surface area contributed by atoms with Gasteiger partial charge in [-0.3, -0.25) is 0 Å². The van der Waals surface area contributed by atoms with Crippen LogP contribution in [0.3, 0.4) is 0 Å². The molecule has 0 aromatic heterocycles. The number of hydrogen-bond donors (Lipinski definition) is 3. The molecular formula is C9H12BrNO2. The molecule has 0 spiro atoms. The Labute approximate surface area is 85.3 Å². The first-order chi connectivity index (χ1) is 6.06. The second kappa shape index (κ2) is 4.09. The molecule has 1 atom stereocenters. The molecular weight excluding hydrogens is 234 g/mol. The molecule has 0 aliphatic rings. The minimum absolute atomic E-state index is 0.127. The van der Waals surface area contributed by atoms with Crippen molar-refractivity contribution in [3.63, 3.8) is 0 Å². The normalized spacial score (nSPS) is 12.9. The van der Waals surface area contributed by atoms with Crippen LogP contribution in [-0.4, -0.2) is 16.8 Å². The SMILES string of the molecule is Cc1cc(O)c(C(N)CO)cc1Br. The van der Waals surface area contributed by atoms with Crippen molar-refractivity contribution in [1.29, 1.82) is 0 Å². The largest absolute Gasteiger partial charge is 0.508 e. The van der Waals surface area contributed by atoms with Gasteiger partial charge in [-0.1, -0.05) is 15.9 Å². The summed E-state index contributed by atoms with van der Waals surface area (Å²) in [5.41, 5.74) is 7.08. The average molecular weight is 246 g/mol. The minimum Gasteiger partial charge on any atom is -0.508 e. The number of hydrogen-bond acceptors (Lipinski definition) is 3. The molecule has 0 radical (unpaired) electrons. The minimum atomic E-state index is -0.531. The lowest BCUT2D eigenvalue weighted by atomic mass is 10.1. The summed E-state index contributed by atoms with van der Waals surface area (Å²) in [4.78, 5) is 0. The summed E-state index contributed by atoms with van der Waals surface area (Å²) >= 11 is 3.33. The van der Waals surface area contributed by atoms with Gasteiger partial charge in [0.15, 0.2) is 0 Å². The molecule has 0 fully saturated rings. The van der Waals surface area contributed by atoms with Gasteiger partial charge < -0.3 is 15.9 Å². The van der Waals surface area contributed by atoms with Gasteiger partial charge in [-0.2, -0.15) is 0 Å². The topological polar surface area (TPSA) is 66.5 Å². The molecule has 13 heavy (non-hydrogen) atoms. The number of aliphatic hydroxyl groups is 1. The van der Waals surface area contributed by atoms with Gasteiger partial charge in [-0.25, -0.2) is 0 Å². The molecule has 0 aliphatic heterocycles. The average Bonchev–Trinajstić information content (AvgIpc) is 2.10. The Balaban J connectivity index is 3.15. The van der Waals surface area contributed by atoms with E-state index in [2.05, 4.69) is 15.9 Å². The molecule has 72 valence electrons. The number of aryl methyl sites for hydroxylation is 1. The number of phenolic OH excluding ortho intramolecular Hbond substituents is 1. The molecule has 0 saturated heterocycles. The third-order valence-electron chi connectivity index (χ3n) is 1.90. The van der Waals surface area contributed by atoms with Gasteiger partial charge in [0, 0.05) is 10.0 Å². The highest BCUT2D eigenvalue weighted by Gasteiger charge is 2.11. The van der Waals surface area contributed by atoms with Gasteiger partial charge in [0.25, 0.3) is 0 Å². The molecule has 4 heteroatoms. The number of aliphatic hydroxyl groups excluding tert-OH is 1. The standard InChI is InChI=1S/C9H12BrNO2/c1-5-2-9(13)6(3-7(5)10)8(11)4-12/h2-3,8,12-13H,4,11H2,1H3. The van der Waals surface area contributed by atoms with E-state index in [4.69, 9.17) is 10.8 Å². The van der Waals surface area contributed by atoms with Crippen LogP contribution < -0.4 is 5.73 Å². The summed E-state index contributed by atoms with van der Waals surface area (Å²) < 4.78 is 0.879. The maximum absolute atomic E-state index is 9.51. The van der Waals surface area contributed by atoms with Crippen molar-refractivity contribution >= 4 is 15.9 Å². The van der Waals surface area contributed by atoms with E-state index in [9.17, 15) is 5.11 Å². The van der Waals surface area contributed by atoms with E-state index in [0.717, 1.165) is 10.0 Å². The van der Waals surface area contributed by atoms with Crippen molar-refractivity contribution in [2.24, 2.45) is 5.73 Å². The van der Waals surface area contributed by atoms with Crippen molar-refractivity contribution in [2.45, 2.75) is 13.0 Å². The number of rotatable bonds is 2. The predicted octanol–water partition coefficient (Wildman–Crippen LogP) is 1.46. The molecule has 1 rings (SSSR count). The van der Waals surface area contributed by atoms with Gasteiger partial charge in [0.05, 0.1) is 12.6 Å².